The molecule has 3 nitrogen and oxygen atoms in total. The zero-order valence-corrected chi connectivity index (χ0v) is 36.4. The van der Waals surface area contributed by atoms with Gasteiger partial charge in [-0.15, -0.1) is 11.3 Å². The van der Waals surface area contributed by atoms with Crippen LogP contribution in [0.25, 0.3) is 42.4 Å². The molecule has 4 heteroatoms. The lowest BCUT2D eigenvalue weighted by Crippen LogP contribution is -2.32. The molecule has 0 atom stereocenters. The molecule has 0 radical (unpaired) electrons. The number of benzene rings is 10. The molecule has 3 heterocycles. The van der Waals surface area contributed by atoms with Crippen LogP contribution in [0.2, 0.25) is 0 Å². The molecule has 2 aliphatic carbocycles. The second-order valence-corrected chi connectivity index (χ2v) is 18.9. The summed E-state index contributed by atoms with van der Waals surface area (Å²) in [6.45, 7) is 0. The Kier molecular flexibility index (Phi) is 7.24. The summed E-state index contributed by atoms with van der Waals surface area (Å²) in [5.74, 6) is 3.56. The van der Waals surface area contributed by atoms with Crippen LogP contribution in [0, 0.1) is 0 Å². The minimum atomic E-state index is -0.604. The van der Waals surface area contributed by atoms with Crippen molar-refractivity contribution < 1.29 is 9.47 Å². The van der Waals surface area contributed by atoms with Crippen LogP contribution in [-0.2, 0) is 10.8 Å². The Labute approximate surface area is 386 Å². The summed E-state index contributed by atoms with van der Waals surface area (Å²) in [7, 11) is 0. The smallest absolute Gasteiger partial charge is 0.132 e. The van der Waals surface area contributed by atoms with Gasteiger partial charge in [-0.3, -0.25) is 0 Å². The third-order valence-corrected chi connectivity index (χ3v) is 15.9. The lowest BCUT2D eigenvalue weighted by atomic mass is 9.66. The molecule has 15 rings (SSSR count). The van der Waals surface area contributed by atoms with Crippen molar-refractivity contribution in [3.05, 3.63) is 269 Å². The number of hydrogen-bond acceptors (Lipinski definition) is 4. The van der Waals surface area contributed by atoms with Crippen molar-refractivity contribution in [2.75, 3.05) is 4.90 Å². The first-order valence-corrected chi connectivity index (χ1v) is 23.5. The number of anilines is 3. The third kappa shape index (κ3) is 4.51. The van der Waals surface area contributed by atoms with Gasteiger partial charge < -0.3 is 14.4 Å². The molecule has 10 aromatic carbocycles. The maximum Gasteiger partial charge on any atom is 0.132 e. The van der Waals surface area contributed by atoms with Crippen molar-refractivity contribution in [1.29, 1.82) is 0 Å². The highest BCUT2D eigenvalue weighted by atomic mass is 32.1. The number of rotatable bonds is 3. The zero-order valence-electron chi connectivity index (χ0n) is 35.5. The molecule has 0 fully saturated rings. The van der Waals surface area contributed by atoms with Crippen LogP contribution in [-0.4, -0.2) is 0 Å². The maximum atomic E-state index is 6.74. The third-order valence-electron chi connectivity index (χ3n) is 14.8. The molecule has 308 valence electrons. The summed E-state index contributed by atoms with van der Waals surface area (Å²) < 4.78 is 16.0. The van der Waals surface area contributed by atoms with Crippen molar-refractivity contribution in [2.24, 2.45) is 0 Å². The van der Waals surface area contributed by atoms with E-state index in [0.717, 1.165) is 62.3 Å². The van der Waals surface area contributed by atoms with Crippen LogP contribution in [0.4, 0.5) is 17.1 Å². The van der Waals surface area contributed by atoms with Crippen LogP contribution in [0.5, 0.6) is 23.0 Å². The van der Waals surface area contributed by atoms with Gasteiger partial charge in [0.1, 0.15) is 23.0 Å². The van der Waals surface area contributed by atoms with Crippen molar-refractivity contribution in [3.63, 3.8) is 0 Å². The molecule has 4 aliphatic rings. The van der Waals surface area contributed by atoms with Gasteiger partial charge in [0.15, 0.2) is 0 Å². The fraction of sp³-hybridized carbons (Fsp3) is 0.0323. The first-order chi connectivity index (χ1) is 32.7. The topological polar surface area (TPSA) is 21.7 Å². The summed E-state index contributed by atoms with van der Waals surface area (Å²) in [6, 6.07) is 82.5. The van der Waals surface area contributed by atoms with Gasteiger partial charge in [0.2, 0.25) is 0 Å². The van der Waals surface area contributed by atoms with Crippen molar-refractivity contribution in [2.45, 2.75) is 10.8 Å². The predicted molar refractivity (Wildman–Crippen MR) is 269 cm³/mol. The standard InChI is InChI=1S/C62H37NO2S/c1-4-19-45-40(16-1)42-34-32-39(37-52(42)62(45)50-23-8-12-28-56(50)65-57-29-13-9-24-51(57)62)63(53-25-15-31-59-60(53)43-18-3-14-30-58(43)66-59)38-33-35-47-44(36-38)41-17-2-5-20-46(41)61(47)48-21-6-10-26-54(48)64-55-27-11-7-22-49(55)61/h1-37H. The molecule has 0 unspecified atom stereocenters. The van der Waals surface area contributed by atoms with Gasteiger partial charge in [-0.2, -0.15) is 0 Å². The molecule has 2 spiro atoms. The monoisotopic (exact) mass is 859 g/mol. The van der Waals surface area contributed by atoms with E-state index >= 15 is 0 Å². The van der Waals surface area contributed by atoms with E-state index in [1.165, 1.54) is 64.7 Å². The van der Waals surface area contributed by atoms with Gasteiger partial charge in [0.25, 0.3) is 0 Å². The van der Waals surface area contributed by atoms with Crippen LogP contribution in [0.15, 0.2) is 224 Å². The Morgan fingerprint density at radius 2 is 0.758 bits per heavy atom. The van der Waals surface area contributed by atoms with Crippen molar-refractivity contribution >= 4 is 48.6 Å². The Balaban J connectivity index is 1.03. The largest absolute Gasteiger partial charge is 0.457 e. The molecule has 0 N–H and O–H groups in total. The highest BCUT2D eigenvalue weighted by molar-refractivity contribution is 7.26. The van der Waals surface area contributed by atoms with Gasteiger partial charge in [-0.1, -0.05) is 158 Å². The highest BCUT2D eigenvalue weighted by Gasteiger charge is 2.53. The van der Waals surface area contributed by atoms with E-state index in [9.17, 15) is 0 Å². The Hall–Kier alpha value is -8.18. The fourth-order valence-corrected chi connectivity index (χ4v) is 13.5. The molecular formula is C62H37NO2S. The van der Waals surface area contributed by atoms with Crippen LogP contribution < -0.4 is 14.4 Å². The van der Waals surface area contributed by atoms with E-state index in [1.807, 2.05) is 11.3 Å². The lowest BCUT2D eigenvalue weighted by molar-refractivity contribution is 0.436. The van der Waals surface area contributed by atoms with Gasteiger partial charge in [-0.05, 0) is 111 Å². The number of para-hydroxylation sites is 4. The average Bonchev–Trinajstić information content (AvgIpc) is 4.00. The minimum absolute atomic E-state index is 0.556. The van der Waals surface area contributed by atoms with E-state index in [4.69, 9.17) is 9.47 Å². The first kappa shape index (κ1) is 36.2. The summed E-state index contributed by atoms with van der Waals surface area (Å²) in [5.41, 5.74) is 16.8. The summed E-state index contributed by atoms with van der Waals surface area (Å²) in [4.78, 5) is 2.52. The Bertz CT molecular complexity index is 3790. The first-order valence-electron chi connectivity index (χ1n) is 22.7. The van der Waals surface area contributed by atoms with E-state index in [2.05, 4.69) is 229 Å². The van der Waals surface area contributed by atoms with Gasteiger partial charge in [0, 0.05) is 53.8 Å². The van der Waals surface area contributed by atoms with Gasteiger partial charge in [0.05, 0.1) is 16.5 Å². The molecule has 2 aliphatic heterocycles. The highest BCUT2D eigenvalue weighted by Crippen LogP contribution is 2.65. The summed E-state index contributed by atoms with van der Waals surface area (Å²) in [5, 5.41) is 2.51. The quantitative estimate of drug-likeness (QED) is 0.177. The average molecular weight is 860 g/mol. The van der Waals surface area contributed by atoms with Crippen LogP contribution >= 0.6 is 11.3 Å². The zero-order chi connectivity index (χ0) is 43.1. The van der Waals surface area contributed by atoms with Crippen molar-refractivity contribution in [1.82, 2.24) is 0 Å². The SMILES string of the molecule is c1ccc2c(c1)Oc1ccccc1C21c2ccccc2-c2cc(N(c3ccc4c(c3)C3(c5ccccc5Oc5ccccc53)c3ccccc3-4)c3cccc4sc5ccccc5c34)ccc21. The van der Waals surface area contributed by atoms with Crippen LogP contribution in [0.3, 0.4) is 0 Å². The number of hydrogen-bond donors (Lipinski definition) is 0. The number of thiophene rings is 1. The molecule has 0 amide bonds. The van der Waals surface area contributed by atoms with E-state index in [-0.39, 0.29) is 0 Å². The van der Waals surface area contributed by atoms with E-state index in [1.54, 1.807) is 0 Å². The maximum absolute atomic E-state index is 6.74. The molecular weight excluding hydrogens is 823 g/mol. The molecule has 0 saturated carbocycles. The Morgan fingerprint density at radius 1 is 0.318 bits per heavy atom. The fourth-order valence-electron chi connectivity index (χ4n) is 12.3. The molecule has 66 heavy (non-hydrogen) atoms. The molecule has 11 aromatic rings. The summed E-state index contributed by atoms with van der Waals surface area (Å²) >= 11 is 1.86. The molecule has 1 aromatic heterocycles. The normalized spacial score (nSPS) is 14.5. The minimum Gasteiger partial charge on any atom is -0.457 e. The Morgan fingerprint density at radius 3 is 1.38 bits per heavy atom. The summed E-state index contributed by atoms with van der Waals surface area (Å²) in [6.07, 6.45) is 0. The van der Waals surface area contributed by atoms with Crippen molar-refractivity contribution in [3.8, 4) is 45.3 Å². The second kappa shape index (κ2) is 13.2. The molecule has 0 saturated heterocycles. The van der Waals surface area contributed by atoms with E-state index < -0.39 is 10.8 Å². The lowest BCUT2D eigenvalue weighted by Gasteiger charge is -2.40. The predicted octanol–water partition coefficient (Wildman–Crippen LogP) is 16.5. The number of ether oxygens (including phenoxy) is 2. The number of fused-ring (bicyclic) bond motifs is 21. The number of nitrogens with zero attached hydrogens (tertiary/aromatic N) is 1. The van der Waals surface area contributed by atoms with Gasteiger partial charge in [-0.25, -0.2) is 0 Å². The van der Waals surface area contributed by atoms with Gasteiger partial charge >= 0.3 is 0 Å². The molecule has 0 bridgehead atoms. The van der Waals surface area contributed by atoms with Crippen LogP contribution in [0.1, 0.15) is 44.5 Å². The van der Waals surface area contributed by atoms with E-state index in [0.29, 0.717) is 0 Å². The second-order valence-electron chi connectivity index (χ2n) is 17.8.